The Labute approximate surface area is 106 Å². The summed E-state index contributed by atoms with van der Waals surface area (Å²) in [6.45, 7) is 4.32. The molecule has 0 N–H and O–H groups in total. The Hall–Kier alpha value is -1.14. The lowest BCUT2D eigenvalue weighted by Gasteiger charge is -2.06. The molecule has 0 aliphatic rings. The SMILES string of the molecule is CC(C)c1ccc(CS(=O)CCCC#N)cc1. The molecular weight excluding hydrogens is 230 g/mol. The average molecular weight is 249 g/mol. The summed E-state index contributed by atoms with van der Waals surface area (Å²) in [4.78, 5) is 0. The standard InChI is InChI=1S/C14H19NOS/c1-12(2)14-7-5-13(6-8-14)11-17(16)10-4-3-9-15/h5-8,12H,3-4,10-11H2,1-2H3. The molecule has 0 heterocycles. The summed E-state index contributed by atoms with van der Waals surface area (Å²) in [6.07, 6.45) is 1.23. The van der Waals surface area contributed by atoms with Crippen molar-refractivity contribution in [2.75, 3.05) is 5.75 Å². The van der Waals surface area contributed by atoms with Gasteiger partial charge in [-0.3, -0.25) is 4.21 Å². The first-order valence-electron chi connectivity index (χ1n) is 5.94. The maximum Gasteiger partial charge on any atom is 0.0622 e. The van der Waals surface area contributed by atoms with E-state index in [-0.39, 0.29) is 0 Å². The van der Waals surface area contributed by atoms with Crippen LogP contribution in [0.15, 0.2) is 24.3 Å². The zero-order valence-electron chi connectivity index (χ0n) is 10.5. The Kier molecular flexibility index (Phi) is 5.93. The van der Waals surface area contributed by atoms with Crippen LogP contribution < -0.4 is 0 Å². The second-order valence-corrected chi connectivity index (χ2v) is 6.02. The summed E-state index contributed by atoms with van der Waals surface area (Å²) >= 11 is 0. The van der Waals surface area contributed by atoms with Gasteiger partial charge in [0.15, 0.2) is 0 Å². The van der Waals surface area contributed by atoms with Crippen LogP contribution >= 0.6 is 0 Å². The fraction of sp³-hybridized carbons (Fsp3) is 0.500. The molecule has 0 spiro atoms. The third-order valence-corrected chi connectivity index (χ3v) is 4.03. The molecule has 17 heavy (non-hydrogen) atoms. The van der Waals surface area contributed by atoms with Gasteiger partial charge in [-0.15, -0.1) is 0 Å². The molecule has 0 saturated carbocycles. The zero-order chi connectivity index (χ0) is 12.7. The molecule has 0 aliphatic heterocycles. The summed E-state index contributed by atoms with van der Waals surface area (Å²) in [5, 5.41) is 8.40. The molecule has 0 fully saturated rings. The Balaban J connectivity index is 2.46. The molecule has 0 aliphatic carbocycles. The number of benzene rings is 1. The first-order chi connectivity index (χ1) is 8.13. The van der Waals surface area contributed by atoms with E-state index in [0.717, 1.165) is 12.0 Å². The van der Waals surface area contributed by atoms with Crippen LogP contribution in [0.4, 0.5) is 0 Å². The minimum atomic E-state index is -0.841. The highest BCUT2D eigenvalue weighted by Gasteiger charge is 2.03. The number of hydrogen-bond acceptors (Lipinski definition) is 2. The molecule has 0 aromatic heterocycles. The Morgan fingerprint density at radius 3 is 2.47 bits per heavy atom. The first kappa shape index (κ1) is 13.9. The average Bonchev–Trinajstić information content (AvgIpc) is 2.30. The Morgan fingerprint density at radius 1 is 1.29 bits per heavy atom. The van der Waals surface area contributed by atoms with E-state index in [0.29, 0.717) is 23.8 Å². The normalized spacial score (nSPS) is 12.4. The van der Waals surface area contributed by atoms with Crippen molar-refractivity contribution in [3.63, 3.8) is 0 Å². The summed E-state index contributed by atoms with van der Waals surface area (Å²) in [6, 6.07) is 10.4. The molecular formula is C14H19NOS. The number of nitriles is 1. The van der Waals surface area contributed by atoms with Gasteiger partial charge in [-0.05, 0) is 23.5 Å². The smallest absolute Gasteiger partial charge is 0.0622 e. The molecule has 1 atom stereocenters. The van der Waals surface area contributed by atoms with Crippen LogP contribution in [0.25, 0.3) is 0 Å². The molecule has 0 radical (unpaired) electrons. The predicted octanol–water partition coefficient (Wildman–Crippen LogP) is 3.36. The van der Waals surface area contributed by atoms with Gasteiger partial charge in [0.25, 0.3) is 0 Å². The van der Waals surface area contributed by atoms with Crippen LogP contribution in [-0.4, -0.2) is 9.96 Å². The molecule has 1 rings (SSSR count). The zero-order valence-corrected chi connectivity index (χ0v) is 11.3. The molecule has 0 saturated heterocycles. The van der Waals surface area contributed by atoms with E-state index >= 15 is 0 Å². The quantitative estimate of drug-likeness (QED) is 0.725. The minimum Gasteiger partial charge on any atom is -0.259 e. The van der Waals surface area contributed by atoms with Crippen molar-refractivity contribution in [2.24, 2.45) is 0 Å². The highest BCUT2D eigenvalue weighted by molar-refractivity contribution is 7.84. The van der Waals surface area contributed by atoms with Crippen molar-refractivity contribution < 1.29 is 4.21 Å². The van der Waals surface area contributed by atoms with Crippen LogP contribution in [0, 0.1) is 11.3 Å². The summed E-state index contributed by atoms with van der Waals surface area (Å²) < 4.78 is 11.7. The largest absolute Gasteiger partial charge is 0.259 e. The lowest BCUT2D eigenvalue weighted by molar-refractivity contribution is 0.680. The van der Waals surface area contributed by atoms with E-state index < -0.39 is 10.8 Å². The maximum atomic E-state index is 11.7. The number of rotatable bonds is 6. The van der Waals surface area contributed by atoms with Crippen LogP contribution in [0.2, 0.25) is 0 Å². The molecule has 3 heteroatoms. The van der Waals surface area contributed by atoms with Crippen LogP contribution in [0.5, 0.6) is 0 Å². The number of nitrogens with zero attached hydrogens (tertiary/aromatic N) is 1. The Morgan fingerprint density at radius 2 is 1.94 bits per heavy atom. The highest BCUT2D eigenvalue weighted by atomic mass is 32.2. The molecule has 0 amide bonds. The van der Waals surface area contributed by atoms with Crippen molar-refractivity contribution >= 4 is 10.8 Å². The second kappa shape index (κ2) is 7.24. The third-order valence-electron chi connectivity index (χ3n) is 2.63. The Bertz CT molecular complexity index is 403. The van der Waals surface area contributed by atoms with Gasteiger partial charge in [-0.25, -0.2) is 0 Å². The van der Waals surface area contributed by atoms with E-state index in [1.807, 2.05) is 0 Å². The molecule has 0 bridgehead atoms. The van der Waals surface area contributed by atoms with Gasteiger partial charge in [-0.2, -0.15) is 5.26 Å². The fourth-order valence-electron chi connectivity index (χ4n) is 1.57. The fourth-order valence-corrected chi connectivity index (χ4v) is 2.74. The lowest BCUT2D eigenvalue weighted by atomic mass is 10.0. The van der Waals surface area contributed by atoms with E-state index in [1.54, 1.807) is 0 Å². The van der Waals surface area contributed by atoms with Crippen LogP contribution in [-0.2, 0) is 16.6 Å². The van der Waals surface area contributed by atoms with Crippen molar-refractivity contribution in [1.82, 2.24) is 0 Å². The van der Waals surface area contributed by atoms with Crippen LogP contribution in [0.1, 0.15) is 43.7 Å². The predicted molar refractivity (Wildman–Crippen MR) is 72.1 cm³/mol. The van der Waals surface area contributed by atoms with Gasteiger partial charge in [0.1, 0.15) is 0 Å². The number of hydrogen-bond donors (Lipinski definition) is 0. The van der Waals surface area contributed by atoms with Gasteiger partial charge in [0, 0.05) is 28.7 Å². The van der Waals surface area contributed by atoms with Crippen molar-refractivity contribution in [3.05, 3.63) is 35.4 Å². The minimum absolute atomic E-state index is 0.498. The first-order valence-corrected chi connectivity index (χ1v) is 7.43. The van der Waals surface area contributed by atoms with Gasteiger partial charge in [0.05, 0.1) is 6.07 Å². The second-order valence-electron chi connectivity index (χ2n) is 4.45. The van der Waals surface area contributed by atoms with Crippen molar-refractivity contribution in [1.29, 1.82) is 5.26 Å². The molecule has 2 nitrogen and oxygen atoms in total. The van der Waals surface area contributed by atoms with E-state index in [4.69, 9.17) is 5.26 Å². The summed E-state index contributed by atoms with van der Waals surface area (Å²) in [5.41, 5.74) is 2.42. The van der Waals surface area contributed by atoms with Crippen molar-refractivity contribution in [3.8, 4) is 6.07 Å². The van der Waals surface area contributed by atoms with E-state index in [9.17, 15) is 4.21 Å². The third kappa shape index (κ3) is 5.14. The molecule has 1 aromatic rings. The molecule has 92 valence electrons. The van der Waals surface area contributed by atoms with Crippen LogP contribution in [0.3, 0.4) is 0 Å². The van der Waals surface area contributed by atoms with Crippen molar-refractivity contribution in [2.45, 2.75) is 38.4 Å². The summed E-state index contributed by atoms with van der Waals surface area (Å²) in [5.74, 6) is 1.76. The van der Waals surface area contributed by atoms with Gasteiger partial charge >= 0.3 is 0 Å². The monoisotopic (exact) mass is 249 g/mol. The maximum absolute atomic E-state index is 11.7. The van der Waals surface area contributed by atoms with Gasteiger partial charge < -0.3 is 0 Å². The van der Waals surface area contributed by atoms with Gasteiger partial charge in [0.2, 0.25) is 0 Å². The number of unbranched alkanes of at least 4 members (excludes halogenated alkanes) is 1. The highest BCUT2D eigenvalue weighted by Crippen LogP contribution is 2.15. The lowest BCUT2D eigenvalue weighted by Crippen LogP contribution is -2.01. The van der Waals surface area contributed by atoms with Gasteiger partial charge in [-0.1, -0.05) is 38.1 Å². The molecule has 1 unspecified atom stereocenters. The van der Waals surface area contributed by atoms with E-state index in [2.05, 4.69) is 44.2 Å². The summed E-state index contributed by atoms with van der Waals surface area (Å²) in [7, 11) is -0.841. The van der Waals surface area contributed by atoms with E-state index in [1.165, 1.54) is 5.56 Å². The topological polar surface area (TPSA) is 40.9 Å². The molecule has 1 aromatic carbocycles.